The first-order valence-electron chi connectivity index (χ1n) is 12.8. The van der Waals surface area contributed by atoms with Gasteiger partial charge in [0.25, 0.3) is 0 Å². The Balaban J connectivity index is 1.53. The molecule has 2 saturated heterocycles. The molecule has 0 bridgehead atoms. The topological polar surface area (TPSA) is 125 Å². The minimum absolute atomic E-state index is 0.177. The normalized spacial score (nSPS) is 17.6. The van der Waals surface area contributed by atoms with E-state index in [-0.39, 0.29) is 17.2 Å². The van der Waals surface area contributed by atoms with Crippen LogP contribution in [0.15, 0.2) is 37.2 Å². The van der Waals surface area contributed by atoms with Crippen molar-refractivity contribution in [3.05, 3.63) is 48.3 Å². The third-order valence-electron chi connectivity index (χ3n) is 6.90. The summed E-state index contributed by atoms with van der Waals surface area (Å²) in [6.45, 7) is 7.53. The van der Waals surface area contributed by atoms with Gasteiger partial charge in [0.15, 0.2) is 11.6 Å². The number of amides is 1. The molecule has 2 aliphatic heterocycles. The summed E-state index contributed by atoms with van der Waals surface area (Å²) in [4.78, 5) is 24.3. The first-order chi connectivity index (χ1) is 19.4. The van der Waals surface area contributed by atoms with Gasteiger partial charge in [-0.05, 0) is 23.8 Å². The summed E-state index contributed by atoms with van der Waals surface area (Å²) in [7, 11) is -3.26. The molecule has 1 amide bonds. The van der Waals surface area contributed by atoms with Crippen LogP contribution < -0.4 is 10.2 Å². The van der Waals surface area contributed by atoms with Gasteiger partial charge in [-0.2, -0.15) is 17.5 Å². The molecule has 1 N–H and O–H groups in total. The standard InChI is InChI=1S/C25H29F3N8O4S/c1-3-22(37)30-21-13-19(25(26,27)28)18(14-29-21)23-31-24(34-8-10-40-11-9-34)20-12-17(16-36(20)32-23)15-33-4-6-35(7-5-33)41(2,38)39/h3,12-14,16H,1,4-11,15H2,2H3,(H,29,30,37). The van der Waals surface area contributed by atoms with Crippen molar-refractivity contribution < 1.29 is 31.1 Å². The lowest BCUT2D eigenvalue weighted by atomic mass is 10.1. The van der Waals surface area contributed by atoms with Crippen LogP contribution in [0.3, 0.4) is 0 Å². The van der Waals surface area contributed by atoms with E-state index in [0.29, 0.717) is 70.4 Å². The number of fused-ring (bicyclic) bond motifs is 1. The van der Waals surface area contributed by atoms with Crippen LogP contribution in [0.5, 0.6) is 0 Å². The number of hydrogen-bond acceptors (Lipinski definition) is 9. The number of piperazine rings is 1. The highest BCUT2D eigenvalue weighted by Crippen LogP contribution is 2.38. The summed E-state index contributed by atoms with van der Waals surface area (Å²) in [6, 6.07) is 2.64. The lowest BCUT2D eigenvalue weighted by Crippen LogP contribution is -2.47. The van der Waals surface area contributed by atoms with Crippen LogP contribution in [0.1, 0.15) is 11.1 Å². The summed E-state index contributed by atoms with van der Waals surface area (Å²) in [5, 5.41) is 6.69. The van der Waals surface area contributed by atoms with Gasteiger partial charge in [-0.25, -0.2) is 22.9 Å². The number of alkyl halides is 3. The zero-order valence-electron chi connectivity index (χ0n) is 22.3. The highest BCUT2D eigenvalue weighted by Gasteiger charge is 2.36. The van der Waals surface area contributed by atoms with Gasteiger partial charge < -0.3 is 15.0 Å². The minimum atomic E-state index is -4.78. The predicted molar refractivity (Wildman–Crippen MR) is 145 cm³/mol. The van der Waals surface area contributed by atoms with Crippen LogP contribution in [0, 0.1) is 0 Å². The molecule has 0 aliphatic carbocycles. The van der Waals surface area contributed by atoms with Crippen molar-refractivity contribution >= 4 is 33.1 Å². The van der Waals surface area contributed by atoms with Gasteiger partial charge in [0.1, 0.15) is 11.3 Å². The number of nitrogens with one attached hydrogen (secondary N) is 1. The maximum Gasteiger partial charge on any atom is 0.417 e. The number of ether oxygens (including phenoxy) is 1. The molecule has 0 saturated carbocycles. The average molecular weight is 595 g/mol. The van der Waals surface area contributed by atoms with E-state index < -0.39 is 27.7 Å². The van der Waals surface area contributed by atoms with Crippen molar-refractivity contribution in [3.8, 4) is 11.4 Å². The monoisotopic (exact) mass is 594 g/mol. The van der Waals surface area contributed by atoms with Crippen molar-refractivity contribution in [3.63, 3.8) is 0 Å². The average Bonchev–Trinajstić information content (AvgIpc) is 3.34. The summed E-state index contributed by atoms with van der Waals surface area (Å²) in [6.07, 6.45) is 0.0878. The number of sulfonamides is 1. The quantitative estimate of drug-likeness (QED) is 0.408. The Bertz CT molecular complexity index is 1560. The van der Waals surface area contributed by atoms with Crippen LogP contribution in [0.2, 0.25) is 0 Å². The Morgan fingerprint density at radius 2 is 1.85 bits per heavy atom. The third-order valence-corrected chi connectivity index (χ3v) is 8.21. The van der Waals surface area contributed by atoms with E-state index in [0.717, 1.165) is 23.9 Å². The number of hydrogen-bond donors (Lipinski definition) is 1. The molecule has 0 unspecified atom stereocenters. The third kappa shape index (κ3) is 6.50. The number of morpholine rings is 1. The summed E-state index contributed by atoms with van der Waals surface area (Å²) in [5.41, 5.74) is 0.0974. The molecule has 3 aromatic rings. The minimum Gasteiger partial charge on any atom is -0.378 e. The van der Waals surface area contributed by atoms with Crippen molar-refractivity contribution in [1.82, 2.24) is 28.8 Å². The van der Waals surface area contributed by atoms with Crippen molar-refractivity contribution in [2.45, 2.75) is 12.7 Å². The van der Waals surface area contributed by atoms with Crippen LogP contribution in [0.25, 0.3) is 16.9 Å². The predicted octanol–water partition coefficient (Wildman–Crippen LogP) is 1.85. The fraction of sp³-hybridized carbons (Fsp3) is 0.440. The smallest absolute Gasteiger partial charge is 0.378 e. The Morgan fingerprint density at radius 3 is 2.49 bits per heavy atom. The molecule has 5 rings (SSSR count). The molecular formula is C25H29F3N8O4S. The number of rotatable bonds is 7. The SMILES string of the molecule is C=CC(=O)Nc1cc(C(F)(F)F)c(-c2nc(N3CCOCC3)c3cc(CN4CCN(S(C)(=O)=O)CC4)cn3n2)cn1. The lowest BCUT2D eigenvalue weighted by molar-refractivity contribution is -0.137. The molecule has 12 nitrogen and oxygen atoms in total. The highest BCUT2D eigenvalue weighted by atomic mass is 32.2. The summed E-state index contributed by atoms with van der Waals surface area (Å²) < 4.78 is 74.6. The van der Waals surface area contributed by atoms with E-state index in [2.05, 4.69) is 31.9 Å². The second-order valence-corrected chi connectivity index (χ2v) is 11.8. The van der Waals surface area contributed by atoms with Crippen molar-refractivity contribution in [2.75, 3.05) is 69.0 Å². The zero-order valence-corrected chi connectivity index (χ0v) is 23.1. The number of anilines is 2. The van der Waals surface area contributed by atoms with Crippen molar-refractivity contribution in [2.24, 2.45) is 0 Å². The van der Waals surface area contributed by atoms with Gasteiger partial charge >= 0.3 is 6.18 Å². The van der Waals surface area contributed by atoms with E-state index in [1.54, 1.807) is 6.20 Å². The fourth-order valence-electron chi connectivity index (χ4n) is 4.84. The van der Waals surface area contributed by atoms with Gasteiger partial charge in [0, 0.05) is 58.2 Å². The van der Waals surface area contributed by atoms with Gasteiger partial charge in [-0.15, -0.1) is 5.10 Å². The van der Waals surface area contributed by atoms with Crippen LogP contribution in [0.4, 0.5) is 24.8 Å². The van der Waals surface area contributed by atoms with E-state index >= 15 is 0 Å². The summed E-state index contributed by atoms with van der Waals surface area (Å²) in [5.74, 6) is -0.684. The van der Waals surface area contributed by atoms with Gasteiger partial charge in [-0.1, -0.05) is 6.58 Å². The highest BCUT2D eigenvalue weighted by molar-refractivity contribution is 7.88. The Morgan fingerprint density at radius 1 is 1.15 bits per heavy atom. The largest absolute Gasteiger partial charge is 0.417 e. The molecular weight excluding hydrogens is 565 g/mol. The second-order valence-electron chi connectivity index (χ2n) is 9.78. The molecule has 0 spiro atoms. The first-order valence-corrected chi connectivity index (χ1v) is 14.7. The molecule has 0 atom stereocenters. The maximum absolute atomic E-state index is 14.2. The molecule has 2 aliphatic rings. The lowest BCUT2D eigenvalue weighted by Gasteiger charge is -2.32. The first kappa shape index (κ1) is 28.9. The Labute approximate surface area is 234 Å². The van der Waals surface area contributed by atoms with Crippen LogP contribution in [-0.2, 0) is 32.3 Å². The molecule has 2 fully saturated rings. The van der Waals surface area contributed by atoms with E-state index in [1.165, 1.54) is 15.1 Å². The number of nitrogens with zero attached hydrogens (tertiary/aromatic N) is 7. The van der Waals surface area contributed by atoms with Gasteiger partial charge in [0.2, 0.25) is 15.9 Å². The fourth-order valence-corrected chi connectivity index (χ4v) is 5.66. The molecule has 220 valence electrons. The molecule has 5 heterocycles. The number of carbonyl (C=O) groups excluding carboxylic acids is 1. The number of carbonyl (C=O) groups is 1. The van der Waals surface area contributed by atoms with Gasteiger partial charge in [-0.3, -0.25) is 9.69 Å². The number of aromatic nitrogens is 4. The molecule has 0 radical (unpaired) electrons. The van der Waals surface area contributed by atoms with E-state index in [9.17, 15) is 26.4 Å². The second kappa shape index (κ2) is 11.3. The molecule has 0 aromatic carbocycles. The molecule has 41 heavy (non-hydrogen) atoms. The van der Waals surface area contributed by atoms with Gasteiger partial charge in [0.05, 0.1) is 30.6 Å². The number of pyridine rings is 1. The Hall–Kier alpha value is -3.60. The summed E-state index contributed by atoms with van der Waals surface area (Å²) >= 11 is 0. The van der Waals surface area contributed by atoms with E-state index in [1.807, 2.05) is 11.0 Å². The van der Waals surface area contributed by atoms with E-state index in [4.69, 9.17) is 4.74 Å². The van der Waals surface area contributed by atoms with Crippen LogP contribution in [-0.4, -0.2) is 102 Å². The number of halogens is 3. The van der Waals surface area contributed by atoms with Crippen LogP contribution >= 0.6 is 0 Å². The van der Waals surface area contributed by atoms with Crippen molar-refractivity contribution in [1.29, 1.82) is 0 Å². The maximum atomic E-state index is 14.2. The zero-order chi connectivity index (χ0) is 29.4. The molecule has 3 aromatic heterocycles. The Kier molecular flexibility index (Phi) is 8.00. The molecule has 16 heteroatoms.